The first kappa shape index (κ1) is 20.4. The number of carbonyl (C=O) groups is 1. The van der Waals surface area contributed by atoms with Gasteiger partial charge in [-0.15, -0.1) is 0 Å². The first-order valence-corrected chi connectivity index (χ1v) is 9.32. The van der Waals surface area contributed by atoms with Gasteiger partial charge in [-0.3, -0.25) is 4.79 Å². The number of rotatable bonds is 7. The molecule has 1 amide bonds. The Morgan fingerprint density at radius 3 is 2.55 bits per heavy atom. The third kappa shape index (κ3) is 5.57. The van der Waals surface area contributed by atoms with Crippen LogP contribution in [0.1, 0.15) is 32.2 Å². The van der Waals surface area contributed by atoms with E-state index in [1.165, 1.54) is 5.56 Å². The third-order valence-electron chi connectivity index (χ3n) is 4.32. The molecule has 0 aliphatic rings. The molecule has 0 radical (unpaired) electrons. The van der Waals surface area contributed by atoms with E-state index >= 15 is 0 Å². The van der Waals surface area contributed by atoms with Crippen molar-refractivity contribution >= 4 is 5.91 Å². The maximum absolute atomic E-state index is 12.0. The van der Waals surface area contributed by atoms with E-state index in [4.69, 9.17) is 14.0 Å². The Bertz CT molecular complexity index is 959. The number of nitrogens with zero attached hydrogens (tertiary/aromatic N) is 2. The highest BCUT2D eigenvalue weighted by Crippen LogP contribution is 2.24. The lowest BCUT2D eigenvalue weighted by atomic mass is 9.87. The van der Waals surface area contributed by atoms with E-state index in [-0.39, 0.29) is 24.5 Å². The third-order valence-corrected chi connectivity index (χ3v) is 4.32. The second kappa shape index (κ2) is 8.77. The molecule has 0 saturated heterocycles. The van der Waals surface area contributed by atoms with Crippen LogP contribution in [-0.4, -0.2) is 29.8 Å². The summed E-state index contributed by atoms with van der Waals surface area (Å²) in [6.07, 6.45) is 0. The van der Waals surface area contributed by atoms with E-state index in [2.05, 4.69) is 36.2 Å². The Morgan fingerprint density at radius 1 is 1.10 bits per heavy atom. The number of methoxy groups -OCH3 is 1. The summed E-state index contributed by atoms with van der Waals surface area (Å²) in [7, 11) is 1.59. The molecule has 1 N–H and O–H groups in total. The van der Waals surface area contributed by atoms with Gasteiger partial charge in [0.2, 0.25) is 11.7 Å². The molecule has 0 atom stereocenters. The summed E-state index contributed by atoms with van der Waals surface area (Å²) in [5.41, 5.74) is 2.05. The number of amides is 1. The van der Waals surface area contributed by atoms with Gasteiger partial charge in [0.1, 0.15) is 11.5 Å². The highest BCUT2D eigenvalue weighted by molar-refractivity contribution is 5.77. The second-order valence-corrected chi connectivity index (χ2v) is 7.58. The van der Waals surface area contributed by atoms with E-state index in [0.717, 1.165) is 5.56 Å². The minimum atomic E-state index is -0.272. The van der Waals surface area contributed by atoms with Crippen molar-refractivity contribution in [1.29, 1.82) is 0 Å². The predicted octanol–water partition coefficient (Wildman–Crippen LogP) is 3.74. The maximum Gasteiger partial charge on any atom is 0.258 e. The zero-order chi connectivity index (χ0) is 20.9. The average Bonchev–Trinajstić information content (AvgIpc) is 3.19. The number of hydrogen-bond acceptors (Lipinski definition) is 6. The first-order valence-electron chi connectivity index (χ1n) is 9.32. The molecule has 29 heavy (non-hydrogen) atoms. The van der Waals surface area contributed by atoms with E-state index in [1.807, 2.05) is 48.5 Å². The quantitative estimate of drug-likeness (QED) is 0.656. The Hall–Kier alpha value is -3.35. The van der Waals surface area contributed by atoms with Gasteiger partial charge in [0.25, 0.3) is 5.91 Å². The zero-order valence-corrected chi connectivity index (χ0v) is 17.1. The summed E-state index contributed by atoms with van der Waals surface area (Å²) in [5.74, 6) is 1.82. The van der Waals surface area contributed by atoms with Crippen molar-refractivity contribution in [1.82, 2.24) is 15.5 Å². The molecule has 0 fully saturated rings. The van der Waals surface area contributed by atoms with Crippen LogP contribution >= 0.6 is 0 Å². The monoisotopic (exact) mass is 395 g/mol. The van der Waals surface area contributed by atoms with Gasteiger partial charge in [-0.2, -0.15) is 4.98 Å². The molecule has 0 aliphatic heterocycles. The molecule has 0 saturated carbocycles. The highest BCUT2D eigenvalue weighted by Gasteiger charge is 2.14. The van der Waals surface area contributed by atoms with Crippen molar-refractivity contribution < 1.29 is 18.8 Å². The summed E-state index contributed by atoms with van der Waals surface area (Å²) < 4.78 is 15.9. The minimum Gasteiger partial charge on any atom is -0.497 e. The summed E-state index contributed by atoms with van der Waals surface area (Å²) in [6.45, 7) is 6.47. The van der Waals surface area contributed by atoms with Crippen molar-refractivity contribution in [3.8, 4) is 22.9 Å². The SMILES string of the molecule is COc1cccc(-c2noc(CNC(=O)COc3ccc(C(C)(C)C)cc3)n2)c1. The Balaban J connectivity index is 1.49. The Kier molecular flexibility index (Phi) is 6.16. The smallest absolute Gasteiger partial charge is 0.258 e. The van der Waals surface area contributed by atoms with Crippen molar-refractivity contribution in [2.45, 2.75) is 32.7 Å². The van der Waals surface area contributed by atoms with Crippen LogP contribution in [0.15, 0.2) is 53.1 Å². The molecule has 7 heteroatoms. The Labute approximate surface area is 170 Å². The van der Waals surface area contributed by atoms with E-state index in [9.17, 15) is 4.79 Å². The molecule has 2 aromatic carbocycles. The molecule has 152 valence electrons. The van der Waals surface area contributed by atoms with Crippen molar-refractivity contribution in [3.05, 3.63) is 60.0 Å². The maximum atomic E-state index is 12.0. The number of benzene rings is 2. The zero-order valence-electron chi connectivity index (χ0n) is 17.1. The lowest BCUT2D eigenvalue weighted by Crippen LogP contribution is -2.28. The fourth-order valence-corrected chi connectivity index (χ4v) is 2.63. The van der Waals surface area contributed by atoms with Crippen molar-refractivity contribution in [3.63, 3.8) is 0 Å². The first-order chi connectivity index (χ1) is 13.8. The topological polar surface area (TPSA) is 86.5 Å². The van der Waals surface area contributed by atoms with Crippen molar-refractivity contribution in [2.75, 3.05) is 13.7 Å². The molecule has 0 aliphatic carbocycles. The van der Waals surface area contributed by atoms with E-state index in [1.54, 1.807) is 7.11 Å². The average molecular weight is 395 g/mol. The van der Waals surface area contributed by atoms with Crippen LogP contribution in [0.3, 0.4) is 0 Å². The molecular weight excluding hydrogens is 370 g/mol. The fourth-order valence-electron chi connectivity index (χ4n) is 2.63. The predicted molar refractivity (Wildman–Crippen MR) is 109 cm³/mol. The van der Waals surface area contributed by atoms with Gasteiger partial charge in [0.05, 0.1) is 13.7 Å². The molecular formula is C22H25N3O4. The number of nitrogens with one attached hydrogen (secondary N) is 1. The summed E-state index contributed by atoms with van der Waals surface area (Å²) >= 11 is 0. The fraction of sp³-hybridized carbons (Fsp3) is 0.318. The van der Waals surface area contributed by atoms with Gasteiger partial charge < -0.3 is 19.3 Å². The van der Waals surface area contributed by atoms with Crippen LogP contribution in [0.2, 0.25) is 0 Å². The van der Waals surface area contributed by atoms with Gasteiger partial charge in [-0.25, -0.2) is 0 Å². The molecule has 0 bridgehead atoms. The largest absolute Gasteiger partial charge is 0.497 e. The highest BCUT2D eigenvalue weighted by atomic mass is 16.5. The van der Waals surface area contributed by atoms with E-state index in [0.29, 0.717) is 23.2 Å². The van der Waals surface area contributed by atoms with Crippen LogP contribution in [-0.2, 0) is 16.8 Å². The summed E-state index contributed by atoms with van der Waals surface area (Å²) in [6, 6.07) is 15.1. The van der Waals surface area contributed by atoms with Gasteiger partial charge in [0, 0.05) is 5.56 Å². The van der Waals surface area contributed by atoms with Crippen LogP contribution in [0.25, 0.3) is 11.4 Å². The molecule has 7 nitrogen and oxygen atoms in total. The molecule has 1 heterocycles. The van der Waals surface area contributed by atoms with Crippen LogP contribution in [0.5, 0.6) is 11.5 Å². The van der Waals surface area contributed by atoms with Gasteiger partial charge in [-0.05, 0) is 35.2 Å². The Morgan fingerprint density at radius 2 is 1.86 bits per heavy atom. The lowest BCUT2D eigenvalue weighted by Gasteiger charge is -2.19. The van der Waals surface area contributed by atoms with Crippen LogP contribution < -0.4 is 14.8 Å². The second-order valence-electron chi connectivity index (χ2n) is 7.58. The number of carbonyl (C=O) groups excluding carboxylic acids is 1. The molecule has 1 aromatic heterocycles. The van der Waals surface area contributed by atoms with Crippen LogP contribution in [0, 0.1) is 0 Å². The number of hydrogen-bond donors (Lipinski definition) is 1. The standard InChI is InChI=1S/C22H25N3O4/c1-22(2,3)16-8-10-17(11-9-16)28-14-19(26)23-13-20-24-21(25-29-20)15-6-5-7-18(12-15)27-4/h5-12H,13-14H2,1-4H3,(H,23,26). The molecule has 3 rings (SSSR count). The van der Waals surface area contributed by atoms with Gasteiger partial charge >= 0.3 is 0 Å². The number of ether oxygens (including phenoxy) is 2. The summed E-state index contributed by atoms with van der Waals surface area (Å²) in [5, 5.41) is 6.64. The minimum absolute atomic E-state index is 0.0731. The number of aromatic nitrogens is 2. The van der Waals surface area contributed by atoms with Gasteiger partial charge in [0.15, 0.2) is 6.61 Å². The summed E-state index contributed by atoms with van der Waals surface area (Å²) in [4.78, 5) is 16.3. The molecule has 3 aromatic rings. The van der Waals surface area contributed by atoms with Crippen LogP contribution in [0.4, 0.5) is 0 Å². The molecule has 0 unspecified atom stereocenters. The normalized spacial score (nSPS) is 11.2. The lowest BCUT2D eigenvalue weighted by molar-refractivity contribution is -0.123. The van der Waals surface area contributed by atoms with Crippen molar-refractivity contribution in [2.24, 2.45) is 0 Å². The van der Waals surface area contributed by atoms with Gasteiger partial charge in [-0.1, -0.05) is 50.2 Å². The van der Waals surface area contributed by atoms with E-state index < -0.39 is 0 Å². The molecule has 0 spiro atoms.